The van der Waals surface area contributed by atoms with Crippen molar-refractivity contribution in [3.63, 3.8) is 0 Å². The lowest BCUT2D eigenvalue weighted by molar-refractivity contribution is -0.123. The molecule has 0 bridgehead atoms. The van der Waals surface area contributed by atoms with Crippen molar-refractivity contribution in [1.82, 2.24) is 10.9 Å². The first kappa shape index (κ1) is 19.4. The van der Waals surface area contributed by atoms with Crippen LogP contribution in [0.25, 0.3) is 10.8 Å². The van der Waals surface area contributed by atoms with Gasteiger partial charge in [-0.05, 0) is 64.0 Å². The van der Waals surface area contributed by atoms with Crippen molar-refractivity contribution >= 4 is 54.4 Å². The second kappa shape index (κ2) is 8.54. The second-order valence-electron chi connectivity index (χ2n) is 5.90. The number of carbonyl (C=O) groups excluding carboxylic acids is 2. The molecular weight excluding hydrogens is 476 g/mol. The fourth-order valence-corrected chi connectivity index (χ4v) is 3.42. The lowest BCUT2D eigenvalue weighted by Gasteiger charge is -2.11. The SMILES string of the molecule is Cc1ccc(C(=O)NNC(=O)COc2ccc3cc(Br)ccc3c2Br)cc1. The van der Waals surface area contributed by atoms with Gasteiger partial charge in [-0.2, -0.15) is 0 Å². The van der Waals surface area contributed by atoms with Gasteiger partial charge in [0.2, 0.25) is 0 Å². The Morgan fingerprint density at radius 3 is 2.44 bits per heavy atom. The maximum Gasteiger partial charge on any atom is 0.276 e. The summed E-state index contributed by atoms with van der Waals surface area (Å²) in [6, 6.07) is 16.6. The van der Waals surface area contributed by atoms with Gasteiger partial charge in [0.1, 0.15) is 5.75 Å². The Morgan fingerprint density at radius 1 is 0.963 bits per heavy atom. The Morgan fingerprint density at radius 2 is 1.70 bits per heavy atom. The highest BCUT2D eigenvalue weighted by Gasteiger charge is 2.10. The molecule has 0 aliphatic heterocycles. The maximum atomic E-state index is 12.0. The van der Waals surface area contributed by atoms with Gasteiger partial charge in [-0.25, -0.2) is 0 Å². The molecule has 138 valence electrons. The molecule has 0 saturated heterocycles. The van der Waals surface area contributed by atoms with E-state index in [1.165, 1.54) is 0 Å². The van der Waals surface area contributed by atoms with Crippen molar-refractivity contribution in [2.75, 3.05) is 6.61 Å². The molecule has 0 radical (unpaired) electrons. The summed E-state index contributed by atoms with van der Waals surface area (Å²) >= 11 is 6.95. The van der Waals surface area contributed by atoms with Crippen LogP contribution < -0.4 is 15.6 Å². The van der Waals surface area contributed by atoms with Crippen molar-refractivity contribution < 1.29 is 14.3 Å². The van der Waals surface area contributed by atoms with Gasteiger partial charge in [-0.15, -0.1) is 0 Å². The monoisotopic (exact) mass is 490 g/mol. The zero-order chi connectivity index (χ0) is 19.4. The van der Waals surface area contributed by atoms with E-state index in [1.54, 1.807) is 18.2 Å². The third-order valence-electron chi connectivity index (χ3n) is 3.87. The van der Waals surface area contributed by atoms with E-state index in [1.807, 2.05) is 43.3 Å². The van der Waals surface area contributed by atoms with Crippen molar-refractivity contribution in [1.29, 1.82) is 0 Å². The maximum absolute atomic E-state index is 12.0. The van der Waals surface area contributed by atoms with Gasteiger partial charge in [0.25, 0.3) is 11.8 Å². The van der Waals surface area contributed by atoms with E-state index in [0.717, 1.165) is 25.3 Å². The van der Waals surface area contributed by atoms with E-state index < -0.39 is 5.91 Å². The third-order valence-corrected chi connectivity index (χ3v) is 5.18. The van der Waals surface area contributed by atoms with Gasteiger partial charge in [-0.1, -0.05) is 45.8 Å². The Balaban J connectivity index is 1.57. The topological polar surface area (TPSA) is 67.4 Å². The predicted octanol–water partition coefficient (Wildman–Crippen LogP) is 4.51. The average molecular weight is 492 g/mol. The molecule has 0 unspecified atom stereocenters. The van der Waals surface area contributed by atoms with E-state index in [-0.39, 0.29) is 12.5 Å². The van der Waals surface area contributed by atoms with E-state index in [0.29, 0.717) is 11.3 Å². The number of nitrogens with one attached hydrogen (secondary N) is 2. The van der Waals surface area contributed by atoms with E-state index in [4.69, 9.17) is 4.74 Å². The van der Waals surface area contributed by atoms with Crippen LogP contribution in [0.4, 0.5) is 0 Å². The molecule has 5 nitrogen and oxygen atoms in total. The molecule has 0 aliphatic rings. The van der Waals surface area contributed by atoms with E-state index in [2.05, 4.69) is 42.7 Å². The smallest absolute Gasteiger partial charge is 0.276 e. The van der Waals surface area contributed by atoms with Crippen LogP contribution in [0.1, 0.15) is 15.9 Å². The van der Waals surface area contributed by atoms with Gasteiger partial charge in [0.15, 0.2) is 6.61 Å². The molecule has 7 heteroatoms. The molecule has 0 aliphatic carbocycles. The Kier molecular flexibility index (Phi) is 6.13. The van der Waals surface area contributed by atoms with Crippen molar-refractivity contribution in [2.45, 2.75) is 6.92 Å². The number of aryl methyl sites for hydroxylation is 1. The van der Waals surface area contributed by atoms with Crippen molar-refractivity contribution in [3.8, 4) is 5.75 Å². The predicted molar refractivity (Wildman–Crippen MR) is 112 cm³/mol. The molecule has 27 heavy (non-hydrogen) atoms. The van der Waals surface area contributed by atoms with E-state index in [9.17, 15) is 9.59 Å². The minimum atomic E-state index is -0.460. The normalized spacial score (nSPS) is 10.5. The lowest BCUT2D eigenvalue weighted by atomic mass is 10.1. The molecule has 3 rings (SSSR count). The van der Waals surface area contributed by atoms with Crippen LogP contribution >= 0.6 is 31.9 Å². The highest BCUT2D eigenvalue weighted by atomic mass is 79.9. The van der Waals surface area contributed by atoms with Crippen LogP contribution in [0.2, 0.25) is 0 Å². The Hall–Kier alpha value is -2.38. The largest absolute Gasteiger partial charge is 0.483 e. The first-order valence-electron chi connectivity index (χ1n) is 8.10. The summed E-state index contributed by atoms with van der Waals surface area (Å²) in [6.45, 7) is 1.71. The molecule has 3 aromatic carbocycles. The minimum absolute atomic E-state index is 0.227. The zero-order valence-electron chi connectivity index (χ0n) is 14.4. The Bertz CT molecular complexity index is 1000. The highest BCUT2D eigenvalue weighted by molar-refractivity contribution is 9.11. The van der Waals surface area contributed by atoms with Crippen LogP contribution in [0.15, 0.2) is 63.5 Å². The standard InChI is InChI=1S/C20H16Br2N2O3/c1-12-2-4-13(5-3-12)20(26)24-23-18(25)11-27-17-9-6-14-10-15(21)7-8-16(14)19(17)22/h2-10H,11H2,1H3,(H,23,25)(H,24,26). The van der Waals surface area contributed by atoms with Crippen LogP contribution in [0.5, 0.6) is 5.75 Å². The molecule has 0 fully saturated rings. The van der Waals surface area contributed by atoms with Gasteiger partial charge in [0.05, 0.1) is 4.47 Å². The Labute approximate surface area is 173 Å². The van der Waals surface area contributed by atoms with Gasteiger partial charge < -0.3 is 4.74 Å². The summed E-state index contributed by atoms with van der Waals surface area (Å²) < 4.78 is 7.32. The molecule has 0 saturated carbocycles. The number of hydrazine groups is 1. The zero-order valence-corrected chi connectivity index (χ0v) is 17.6. The number of amides is 2. The van der Waals surface area contributed by atoms with Crippen LogP contribution in [-0.2, 0) is 4.79 Å². The summed E-state index contributed by atoms with van der Waals surface area (Å²) in [6.07, 6.45) is 0. The number of ether oxygens (including phenoxy) is 1. The number of benzene rings is 3. The molecule has 2 amide bonds. The number of halogens is 2. The summed E-state index contributed by atoms with van der Waals surface area (Å²) in [4.78, 5) is 23.9. The van der Waals surface area contributed by atoms with Gasteiger partial charge in [-0.3, -0.25) is 20.4 Å². The molecule has 3 aromatic rings. The molecule has 0 spiro atoms. The van der Waals surface area contributed by atoms with Crippen molar-refractivity contribution in [2.24, 2.45) is 0 Å². The molecule has 0 atom stereocenters. The van der Waals surface area contributed by atoms with Crippen LogP contribution in [0.3, 0.4) is 0 Å². The van der Waals surface area contributed by atoms with Crippen LogP contribution in [0, 0.1) is 6.92 Å². The van der Waals surface area contributed by atoms with E-state index >= 15 is 0 Å². The average Bonchev–Trinajstić information content (AvgIpc) is 2.66. The number of hydrogen-bond acceptors (Lipinski definition) is 3. The second-order valence-corrected chi connectivity index (χ2v) is 7.61. The highest BCUT2D eigenvalue weighted by Crippen LogP contribution is 2.34. The summed E-state index contributed by atoms with van der Waals surface area (Å²) in [5, 5.41) is 2.02. The summed E-state index contributed by atoms with van der Waals surface area (Å²) in [7, 11) is 0. The number of carbonyl (C=O) groups is 2. The molecule has 0 heterocycles. The number of fused-ring (bicyclic) bond motifs is 1. The van der Waals surface area contributed by atoms with Gasteiger partial charge >= 0.3 is 0 Å². The molecule has 0 aromatic heterocycles. The molecular formula is C20H16Br2N2O3. The number of hydrogen-bond donors (Lipinski definition) is 2. The number of rotatable bonds is 4. The fraction of sp³-hybridized carbons (Fsp3) is 0.100. The quantitative estimate of drug-likeness (QED) is 0.527. The third kappa shape index (κ3) is 4.87. The minimum Gasteiger partial charge on any atom is -0.483 e. The van der Waals surface area contributed by atoms with Crippen molar-refractivity contribution in [3.05, 3.63) is 74.7 Å². The van der Waals surface area contributed by atoms with Gasteiger partial charge in [0, 0.05) is 10.0 Å². The summed E-state index contributed by atoms with van der Waals surface area (Å²) in [5.74, 6) is -0.302. The first-order chi connectivity index (χ1) is 12.9. The molecule has 2 N–H and O–H groups in total. The lowest BCUT2D eigenvalue weighted by Crippen LogP contribution is -2.43. The summed E-state index contributed by atoms with van der Waals surface area (Å²) in [5.41, 5.74) is 6.23. The first-order valence-corrected chi connectivity index (χ1v) is 9.69. The fourth-order valence-electron chi connectivity index (χ4n) is 2.44. The van der Waals surface area contributed by atoms with Crippen LogP contribution in [-0.4, -0.2) is 18.4 Å².